The Hall–Kier alpha value is -1.97. The number of hydrogen-bond donors (Lipinski definition) is 3. The molecule has 2 fully saturated rings. The van der Waals surface area contributed by atoms with Gasteiger partial charge in [-0.3, -0.25) is 9.59 Å². The third-order valence-electron chi connectivity index (χ3n) is 6.21. The van der Waals surface area contributed by atoms with Crippen molar-refractivity contribution in [1.29, 1.82) is 0 Å². The van der Waals surface area contributed by atoms with Crippen molar-refractivity contribution in [3.63, 3.8) is 0 Å². The van der Waals surface area contributed by atoms with E-state index in [2.05, 4.69) is 15.4 Å². The molecule has 0 bridgehead atoms. The van der Waals surface area contributed by atoms with E-state index in [4.69, 9.17) is 11.6 Å². The van der Waals surface area contributed by atoms with E-state index in [0.29, 0.717) is 25.7 Å². The predicted molar refractivity (Wildman–Crippen MR) is 120 cm³/mol. The van der Waals surface area contributed by atoms with E-state index in [1.807, 2.05) is 0 Å². The second kappa shape index (κ2) is 11.2. The molecular formula is C22H30ClN3O5S. The molecule has 0 spiro atoms. The van der Waals surface area contributed by atoms with Crippen molar-refractivity contribution >= 4 is 39.7 Å². The van der Waals surface area contributed by atoms with Crippen molar-refractivity contribution in [1.82, 2.24) is 15.4 Å². The monoisotopic (exact) mass is 483 g/mol. The highest BCUT2D eigenvalue weighted by molar-refractivity contribution is 7.89. The number of amides is 2. The third-order valence-corrected chi connectivity index (χ3v) is 7.91. The van der Waals surface area contributed by atoms with Gasteiger partial charge in [-0.25, -0.2) is 8.42 Å². The molecule has 1 saturated carbocycles. The van der Waals surface area contributed by atoms with Crippen LogP contribution in [0.1, 0.15) is 51.4 Å². The molecular weight excluding hydrogens is 454 g/mol. The summed E-state index contributed by atoms with van der Waals surface area (Å²) in [7, 11) is -4.00. The van der Waals surface area contributed by atoms with Crippen LogP contribution in [0.3, 0.4) is 0 Å². The summed E-state index contributed by atoms with van der Waals surface area (Å²) in [5.41, 5.74) is 0. The van der Waals surface area contributed by atoms with E-state index in [0.717, 1.165) is 32.1 Å². The van der Waals surface area contributed by atoms with E-state index in [9.17, 15) is 22.8 Å². The lowest BCUT2D eigenvalue weighted by atomic mass is 9.85. The minimum absolute atomic E-state index is 0.0268. The first-order valence-corrected chi connectivity index (χ1v) is 13.0. The second-order valence-electron chi connectivity index (χ2n) is 8.63. The molecule has 2 aliphatic rings. The normalized spacial score (nSPS) is 21.5. The molecule has 3 rings (SSSR count). The first-order chi connectivity index (χ1) is 15.3. The van der Waals surface area contributed by atoms with Crippen molar-refractivity contribution < 1.29 is 22.8 Å². The first-order valence-electron chi connectivity index (χ1n) is 11.1. The van der Waals surface area contributed by atoms with Gasteiger partial charge in [-0.15, -0.1) is 0 Å². The van der Waals surface area contributed by atoms with Crippen molar-refractivity contribution in [3.8, 4) is 0 Å². The molecule has 10 heteroatoms. The van der Waals surface area contributed by atoms with Gasteiger partial charge in [0.05, 0.1) is 10.9 Å². The van der Waals surface area contributed by atoms with Gasteiger partial charge in [-0.05, 0) is 43.4 Å². The lowest BCUT2D eigenvalue weighted by Gasteiger charge is -2.27. The van der Waals surface area contributed by atoms with Crippen LogP contribution in [0.5, 0.6) is 0 Å². The number of halogens is 1. The van der Waals surface area contributed by atoms with Gasteiger partial charge in [-0.2, -0.15) is 4.72 Å². The van der Waals surface area contributed by atoms with Crippen LogP contribution >= 0.6 is 11.6 Å². The molecule has 1 aliphatic heterocycles. The zero-order chi connectivity index (χ0) is 23.1. The quantitative estimate of drug-likeness (QED) is 0.440. The van der Waals surface area contributed by atoms with Gasteiger partial charge >= 0.3 is 0 Å². The highest BCUT2D eigenvalue weighted by Crippen LogP contribution is 2.28. The van der Waals surface area contributed by atoms with Gasteiger partial charge < -0.3 is 15.4 Å². The Morgan fingerprint density at radius 2 is 1.94 bits per heavy atom. The minimum atomic E-state index is -4.00. The van der Waals surface area contributed by atoms with Crippen LogP contribution in [0, 0.1) is 11.8 Å². The summed E-state index contributed by atoms with van der Waals surface area (Å²) >= 11 is 5.94. The molecule has 0 unspecified atom stereocenters. The van der Waals surface area contributed by atoms with Crippen molar-refractivity contribution in [2.45, 2.75) is 68.3 Å². The number of aldehydes is 1. The van der Waals surface area contributed by atoms with Gasteiger partial charge in [-0.1, -0.05) is 49.8 Å². The average molecular weight is 484 g/mol. The predicted octanol–water partition coefficient (Wildman–Crippen LogP) is 2.17. The number of benzene rings is 1. The molecule has 1 heterocycles. The summed E-state index contributed by atoms with van der Waals surface area (Å²) in [6.07, 6.45) is 6.85. The maximum atomic E-state index is 13.1. The molecule has 1 saturated heterocycles. The summed E-state index contributed by atoms with van der Waals surface area (Å²) in [5, 5.41) is 5.64. The first kappa shape index (κ1) is 24.7. The highest BCUT2D eigenvalue weighted by atomic mass is 35.5. The lowest BCUT2D eigenvalue weighted by molar-refractivity contribution is -0.127. The molecule has 2 amide bonds. The molecule has 1 aromatic carbocycles. The molecule has 8 nitrogen and oxygen atoms in total. The van der Waals surface area contributed by atoms with Crippen molar-refractivity contribution in [2.24, 2.45) is 11.8 Å². The maximum Gasteiger partial charge on any atom is 0.241 e. The molecule has 1 aromatic rings. The smallest absolute Gasteiger partial charge is 0.241 e. The largest absolute Gasteiger partial charge is 0.356 e. The Kier molecular flexibility index (Phi) is 8.67. The van der Waals surface area contributed by atoms with Gasteiger partial charge in [0.15, 0.2) is 0 Å². The average Bonchev–Trinajstić information content (AvgIpc) is 3.17. The summed E-state index contributed by atoms with van der Waals surface area (Å²) < 4.78 is 28.4. The molecule has 3 atom stereocenters. The Morgan fingerprint density at radius 1 is 1.19 bits per heavy atom. The molecule has 3 N–H and O–H groups in total. The zero-order valence-corrected chi connectivity index (χ0v) is 19.5. The number of rotatable bonds is 10. The van der Waals surface area contributed by atoms with Crippen LogP contribution < -0.4 is 15.4 Å². The van der Waals surface area contributed by atoms with Gasteiger partial charge in [0, 0.05) is 17.5 Å². The summed E-state index contributed by atoms with van der Waals surface area (Å²) in [6, 6.07) is 3.95. The van der Waals surface area contributed by atoms with Crippen LogP contribution in [-0.2, 0) is 24.4 Å². The van der Waals surface area contributed by atoms with E-state index in [1.165, 1.54) is 18.2 Å². The number of carbonyl (C=O) groups excluding carboxylic acids is 3. The number of hydrogen-bond acceptors (Lipinski definition) is 5. The third kappa shape index (κ3) is 6.76. The molecule has 176 valence electrons. The summed E-state index contributed by atoms with van der Waals surface area (Å²) in [6.45, 7) is 0.548. The van der Waals surface area contributed by atoms with E-state index < -0.39 is 28.0 Å². The number of sulfonamides is 1. The number of carbonyl (C=O) groups is 3. The van der Waals surface area contributed by atoms with E-state index >= 15 is 0 Å². The minimum Gasteiger partial charge on any atom is -0.356 e. The Morgan fingerprint density at radius 3 is 2.56 bits per heavy atom. The molecule has 1 aliphatic carbocycles. The summed E-state index contributed by atoms with van der Waals surface area (Å²) in [5.74, 6) is -0.814. The molecule has 0 radical (unpaired) electrons. The Balaban J connectivity index is 1.73. The summed E-state index contributed by atoms with van der Waals surface area (Å²) in [4.78, 5) is 36.5. The topological polar surface area (TPSA) is 121 Å². The standard InChI is InChI=1S/C22H30ClN3O5S/c23-17-7-4-8-19(13-17)32(30,31)26-20(11-15-5-2-1-3-6-15)22(29)25-18(14-27)12-16-9-10-24-21(16)28/h4,7-8,13-16,18,20,26H,1-3,5-6,9-12H2,(H,24,28)(H,25,29)/t16-,18-,20-/m0/s1. The maximum absolute atomic E-state index is 13.1. The number of nitrogens with one attached hydrogen (secondary N) is 3. The van der Waals surface area contributed by atoms with Crippen LogP contribution in [0.2, 0.25) is 5.02 Å². The van der Waals surface area contributed by atoms with Crippen LogP contribution in [0.15, 0.2) is 29.2 Å². The SMILES string of the molecule is O=C[C@H](C[C@@H]1CCNC1=O)NC(=O)[C@H](CC1CCCCC1)NS(=O)(=O)c1cccc(Cl)c1. The highest BCUT2D eigenvalue weighted by Gasteiger charge is 2.32. The van der Waals surface area contributed by atoms with Crippen molar-refractivity contribution in [3.05, 3.63) is 29.3 Å². The van der Waals surface area contributed by atoms with Gasteiger partial charge in [0.25, 0.3) is 0 Å². The fourth-order valence-corrected chi connectivity index (χ4v) is 5.97. The molecule has 32 heavy (non-hydrogen) atoms. The van der Waals surface area contributed by atoms with Crippen molar-refractivity contribution in [2.75, 3.05) is 6.54 Å². The lowest BCUT2D eigenvalue weighted by Crippen LogP contribution is -2.51. The van der Waals surface area contributed by atoms with E-state index in [1.54, 1.807) is 6.07 Å². The fraction of sp³-hybridized carbons (Fsp3) is 0.591. The van der Waals surface area contributed by atoms with Crippen LogP contribution in [0.4, 0.5) is 0 Å². The Bertz CT molecular complexity index is 933. The van der Waals surface area contributed by atoms with Crippen LogP contribution in [0.25, 0.3) is 0 Å². The van der Waals surface area contributed by atoms with E-state index in [-0.39, 0.29) is 34.1 Å². The second-order valence-corrected chi connectivity index (χ2v) is 10.8. The van der Waals surface area contributed by atoms with Crippen LogP contribution in [-0.4, -0.2) is 45.1 Å². The zero-order valence-electron chi connectivity index (χ0n) is 17.9. The molecule has 0 aromatic heterocycles. The van der Waals surface area contributed by atoms with Gasteiger partial charge in [0.1, 0.15) is 12.3 Å². The Labute approximate surface area is 193 Å². The fourth-order valence-electron chi connectivity index (χ4n) is 4.46. The van der Waals surface area contributed by atoms with Gasteiger partial charge in [0.2, 0.25) is 21.8 Å².